The Kier molecular flexibility index (Phi) is 5.13. The monoisotopic (exact) mass is 485 g/mol. The van der Waals surface area contributed by atoms with E-state index in [9.17, 15) is 15.0 Å². The molecule has 2 N–H and O–H groups in total. The Bertz CT molecular complexity index is 1580. The van der Waals surface area contributed by atoms with Gasteiger partial charge in [0.15, 0.2) is 17.0 Å². The van der Waals surface area contributed by atoms with Crippen LogP contribution >= 0.6 is 0 Å². The van der Waals surface area contributed by atoms with Crippen molar-refractivity contribution in [1.82, 2.24) is 34.5 Å². The third-order valence-electron chi connectivity index (χ3n) is 6.32. The second-order valence-corrected chi connectivity index (χ2v) is 8.77. The van der Waals surface area contributed by atoms with E-state index >= 15 is 0 Å². The van der Waals surface area contributed by atoms with Gasteiger partial charge in [0.05, 0.1) is 11.8 Å². The minimum Gasteiger partial charge on any atom is -0.508 e. The summed E-state index contributed by atoms with van der Waals surface area (Å²) in [6.45, 7) is 4.53. The zero-order chi connectivity index (χ0) is 24.8. The number of anilines is 2. The van der Waals surface area contributed by atoms with Gasteiger partial charge in [0.1, 0.15) is 17.8 Å². The molecule has 5 aromatic rings. The topological polar surface area (TPSA) is 138 Å². The highest BCUT2D eigenvalue weighted by Crippen LogP contribution is 2.26. The van der Waals surface area contributed by atoms with Crippen molar-refractivity contribution in [3.63, 3.8) is 0 Å². The number of aryl methyl sites for hydroxylation is 1. The van der Waals surface area contributed by atoms with E-state index in [1.54, 1.807) is 16.8 Å². The number of aliphatic carboxylic acids is 1. The Morgan fingerprint density at radius 2 is 1.75 bits per heavy atom. The summed E-state index contributed by atoms with van der Waals surface area (Å²) in [4.78, 5) is 29.8. The standard InChI is InChI=1S/C24H23N9O3/c1-15-2-7-18-19(12-15)33(29-28-18)23-21-22(32(14-25-21)13-20(35)36)26-24(27-23)31-10-8-30(9-11-31)16-3-5-17(34)6-4-16/h2-7,12,14,34H,8-11,13H2,1H3,(H,35,36). The predicted molar refractivity (Wildman–Crippen MR) is 133 cm³/mol. The highest BCUT2D eigenvalue weighted by molar-refractivity contribution is 5.85. The number of piperazine rings is 1. The average molecular weight is 486 g/mol. The summed E-state index contributed by atoms with van der Waals surface area (Å²) in [6.07, 6.45) is 1.47. The first kappa shape index (κ1) is 21.8. The molecule has 182 valence electrons. The number of fused-ring (bicyclic) bond motifs is 2. The Balaban J connectivity index is 1.41. The van der Waals surface area contributed by atoms with Crippen LogP contribution < -0.4 is 9.80 Å². The van der Waals surface area contributed by atoms with Crippen LogP contribution in [0.2, 0.25) is 0 Å². The molecule has 0 amide bonds. The van der Waals surface area contributed by atoms with Crippen LogP contribution in [0.4, 0.5) is 11.6 Å². The van der Waals surface area contributed by atoms with E-state index in [-0.39, 0.29) is 12.3 Å². The Labute approximate surface area is 205 Å². The van der Waals surface area contributed by atoms with Gasteiger partial charge in [-0.25, -0.2) is 4.98 Å². The van der Waals surface area contributed by atoms with Crippen molar-refractivity contribution in [3.05, 3.63) is 54.4 Å². The van der Waals surface area contributed by atoms with Gasteiger partial charge in [-0.05, 0) is 48.9 Å². The number of aromatic nitrogens is 7. The number of hydrogen-bond acceptors (Lipinski definition) is 9. The number of phenolic OH excluding ortho intramolecular Hbond substituents is 1. The normalized spacial score (nSPS) is 14.1. The van der Waals surface area contributed by atoms with Crippen molar-refractivity contribution in [2.45, 2.75) is 13.5 Å². The number of benzene rings is 2. The second kappa shape index (κ2) is 8.48. The number of carbonyl (C=O) groups is 1. The highest BCUT2D eigenvalue weighted by Gasteiger charge is 2.24. The van der Waals surface area contributed by atoms with Gasteiger partial charge in [0.25, 0.3) is 0 Å². The molecule has 0 saturated carbocycles. The Morgan fingerprint density at radius 3 is 2.50 bits per heavy atom. The number of imidazole rings is 1. The van der Waals surface area contributed by atoms with Crippen LogP contribution in [-0.2, 0) is 11.3 Å². The van der Waals surface area contributed by atoms with E-state index in [1.807, 2.05) is 37.3 Å². The van der Waals surface area contributed by atoms with Crippen molar-refractivity contribution in [2.24, 2.45) is 0 Å². The lowest BCUT2D eigenvalue weighted by Gasteiger charge is -2.36. The van der Waals surface area contributed by atoms with Gasteiger partial charge >= 0.3 is 5.97 Å². The molecule has 36 heavy (non-hydrogen) atoms. The maximum absolute atomic E-state index is 11.5. The van der Waals surface area contributed by atoms with Crippen LogP contribution in [0.25, 0.3) is 28.0 Å². The van der Waals surface area contributed by atoms with Gasteiger partial charge in [0.2, 0.25) is 5.95 Å². The van der Waals surface area contributed by atoms with Crippen molar-refractivity contribution < 1.29 is 15.0 Å². The molecule has 12 heteroatoms. The SMILES string of the molecule is Cc1ccc2nnn(-c3nc(N4CCN(c5ccc(O)cc5)CC4)nc4c3ncn4CC(=O)O)c2c1. The Hall–Kier alpha value is -4.74. The average Bonchev–Trinajstić information content (AvgIpc) is 3.47. The molecule has 0 aliphatic carbocycles. The van der Waals surface area contributed by atoms with Gasteiger partial charge in [-0.2, -0.15) is 14.6 Å². The molecule has 1 aliphatic rings. The van der Waals surface area contributed by atoms with Gasteiger partial charge in [-0.1, -0.05) is 11.3 Å². The molecule has 0 bridgehead atoms. The number of nitrogens with zero attached hydrogens (tertiary/aromatic N) is 9. The molecule has 1 saturated heterocycles. The molecule has 1 aliphatic heterocycles. The second-order valence-electron chi connectivity index (χ2n) is 8.77. The Morgan fingerprint density at radius 1 is 1.00 bits per heavy atom. The summed E-state index contributed by atoms with van der Waals surface area (Å²) < 4.78 is 3.14. The quantitative estimate of drug-likeness (QED) is 0.380. The molecule has 12 nitrogen and oxygen atoms in total. The van der Waals surface area contributed by atoms with Crippen molar-refractivity contribution in [1.29, 1.82) is 0 Å². The molecule has 1 fully saturated rings. The van der Waals surface area contributed by atoms with Gasteiger partial charge in [0, 0.05) is 31.9 Å². The minimum atomic E-state index is -0.986. The lowest BCUT2D eigenvalue weighted by atomic mass is 10.2. The zero-order valence-corrected chi connectivity index (χ0v) is 19.5. The maximum Gasteiger partial charge on any atom is 0.323 e. The molecule has 0 atom stereocenters. The molecule has 3 aromatic heterocycles. The van der Waals surface area contributed by atoms with E-state index in [2.05, 4.69) is 25.1 Å². The van der Waals surface area contributed by atoms with Crippen molar-refractivity contribution in [3.8, 4) is 11.6 Å². The first-order valence-electron chi connectivity index (χ1n) is 11.5. The largest absolute Gasteiger partial charge is 0.508 e. The van der Waals surface area contributed by atoms with Crippen molar-refractivity contribution in [2.75, 3.05) is 36.0 Å². The van der Waals surface area contributed by atoms with E-state index < -0.39 is 5.97 Å². The van der Waals surface area contributed by atoms with Gasteiger partial charge < -0.3 is 24.6 Å². The van der Waals surface area contributed by atoms with Crippen LogP contribution in [0.1, 0.15) is 5.56 Å². The predicted octanol–water partition coefficient (Wildman–Crippen LogP) is 1.99. The highest BCUT2D eigenvalue weighted by atomic mass is 16.4. The van der Waals surface area contributed by atoms with Crippen LogP contribution in [0.15, 0.2) is 48.8 Å². The summed E-state index contributed by atoms with van der Waals surface area (Å²) in [5.74, 6) is 0.181. The minimum absolute atomic E-state index is 0.236. The van der Waals surface area contributed by atoms with Gasteiger partial charge in [-0.3, -0.25) is 4.79 Å². The van der Waals surface area contributed by atoms with Crippen molar-refractivity contribution >= 4 is 39.8 Å². The molecule has 4 heterocycles. The fraction of sp³-hybridized carbons (Fsp3) is 0.250. The smallest absolute Gasteiger partial charge is 0.323 e. The number of phenols is 1. The number of aromatic hydroxyl groups is 1. The number of hydrogen-bond donors (Lipinski definition) is 2. The third kappa shape index (κ3) is 3.82. The molecule has 6 rings (SSSR count). The summed E-state index contributed by atoms with van der Waals surface area (Å²) >= 11 is 0. The first-order valence-corrected chi connectivity index (χ1v) is 11.5. The molecule has 2 aromatic carbocycles. The number of carboxylic acids is 1. The van der Waals surface area contributed by atoms with Crippen LogP contribution in [0.5, 0.6) is 5.75 Å². The van der Waals surface area contributed by atoms with E-state index in [0.717, 1.165) is 35.4 Å². The van der Waals surface area contributed by atoms with E-state index in [1.165, 1.54) is 10.9 Å². The fourth-order valence-corrected chi connectivity index (χ4v) is 4.48. The fourth-order valence-electron chi connectivity index (χ4n) is 4.48. The van der Waals surface area contributed by atoms with Crippen LogP contribution in [-0.4, -0.2) is 76.9 Å². The summed E-state index contributed by atoms with van der Waals surface area (Å²) in [5, 5.41) is 27.6. The molecule has 0 radical (unpaired) electrons. The van der Waals surface area contributed by atoms with Crippen LogP contribution in [0, 0.1) is 6.92 Å². The lowest BCUT2D eigenvalue weighted by Crippen LogP contribution is -2.47. The number of rotatable bonds is 5. The maximum atomic E-state index is 11.5. The van der Waals surface area contributed by atoms with Gasteiger partial charge in [-0.15, -0.1) is 5.10 Å². The molecular formula is C24H23N9O3. The first-order chi connectivity index (χ1) is 17.5. The summed E-state index contributed by atoms with van der Waals surface area (Å²) in [5.41, 5.74) is 4.48. The number of carboxylic acid groups (broad SMARTS) is 1. The van der Waals surface area contributed by atoms with E-state index in [4.69, 9.17) is 9.97 Å². The summed E-state index contributed by atoms with van der Waals surface area (Å²) in [7, 11) is 0. The molecule has 0 spiro atoms. The lowest BCUT2D eigenvalue weighted by molar-refractivity contribution is -0.137. The molecular weight excluding hydrogens is 462 g/mol. The van der Waals surface area contributed by atoms with E-state index in [0.29, 0.717) is 36.0 Å². The third-order valence-corrected chi connectivity index (χ3v) is 6.32. The van der Waals surface area contributed by atoms with Crippen LogP contribution in [0.3, 0.4) is 0 Å². The molecule has 0 unspecified atom stereocenters. The zero-order valence-electron chi connectivity index (χ0n) is 19.5. The summed E-state index contributed by atoms with van der Waals surface area (Å²) in [6, 6.07) is 13.0.